The van der Waals surface area contributed by atoms with Crippen LogP contribution in [0.5, 0.6) is 0 Å². The molecule has 0 fully saturated rings. The summed E-state index contributed by atoms with van der Waals surface area (Å²) in [6, 6.07) is 19.5. The summed E-state index contributed by atoms with van der Waals surface area (Å²) in [5, 5.41) is 2.23. The molecule has 0 saturated heterocycles. The molecule has 4 aromatic rings. The van der Waals surface area contributed by atoms with E-state index in [0.29, 0.717) is 0 Å². The summed E-state index contributed by atoms with van der Waals surface area (Å²) in [7, 11) is 0. The number of furan rings is 1. The molecule has 0 unspecified atom stereocenters. The molecule has 0 bridgehead atoms. The van der Waals surface area contributed by atoms with E-state index in [9.17, 15) is 0 Å². The second-order valence-electron chi connectivity index (χ2n) is 7.93. The Bertz CT molecular complexity index is 1300. The van der Waals surface area contributed by atoms with Crippen molar-refractivity contribution in [2.75, 3.05) is 0 Å². The maximum atomic E-state index is 6.38. The van der Waals surface area contributed by atoms with Gasteiger partial charge in [0.25, 0.3) is 0 Å². The normalized spacial score (nSPS) is 12.3. The van der Waals surface area contributed by atoms with Crippen molar-refractivity contribution in [1.82, 2.24) is 0 Å². The van der Waals surface area contributed by atoms with Gasteiger partial charge in [-0.05, 0) is 67.1 Å². The van der Waals surface area contributed by atoms with E-state index in [0.717, 1.165) is 39.6 Å². The minimum atomic E-state index is 0.870. The first-order valence-corrected chi connectivity index (χ1v) is 11.0. The Morgan fingerprint density at radius 2 is 1.84 bits per heavy atom. The molecule has 0 radical (unpaired) electrons. The fourth-order valence-electron chi connectivity index (χ4n) is 4.14. The third-order valence-corrected chi connectivity index (χ3v) is 5.84. The maximum Gasteiger partial charge on any atom is 0.144 e. The van der Waals surface area contributed by atoms with Gasteiger partial charge in [0.15, 0.2) is 0 Å². The van der Waals surface area contributed by atoms with Gasteiger partial charge in [0.05, 0.1) is 5.70 Å². The van der Waals surface area contributed by atoms with Crippen LogP contribution in [0.15, 0.2) is 82.7 Å². The van der Waals surface area contributed by atoms with Crippen LogP contribution in [-0.2, 0) is 6.42 Å². The molecule has 2 nitrogen and oxygen atoms in total. The molecule has 0 amide bonds. The molecule has 0 aliphatic carbocycles. The molecule has 156 valence electrons. The zero-order valence-electron chi connectivity index (χ0n) is 18.6. The van der Waals surface area contributed by atoms with Gasteiger partial charge in [-0.2, -0.15) is 0 Å². The minimum absolute atomic E-state index is 0.870. The lowest BCUT2D eigenvalue weighted by Crippen LogP contribution is -1.90. The van der Waals surface area contributed by atoms with E-state index in [2.05, 4.69) is 80.0 Å². The Morgan fingerprint density at radius 3 is 2.58 bits per heavy atom. The van der Waals surface area contributed by atoms with Crippen molar-refractivity contribution in [3.05, 3.63) is 90.0 Å². The summed E-state index contributed by atoms with van der Waals surface area (Å²) < 4.78 is 6.38. The van der Waals surface area contributed by atoms with Gasteiger partial charge >= 0.3 is 0 Å². The molecule has 0 atom stereocenters. The fourth-order valence-corrected chi connectivity index (χ4v) is 4.14. The van der Waals surface area contributed by atoms with Gasteiger partial charge in [-0.15, -0.1) is 0 Å². The Kier molecular flexibility index (Phi) is 6.18. The van der Waals surface area contributed by atoms with Gasteiger partial charge < -0.3 is 4.42 Å². The van der Waals surface area contributed by atoms with E-state index in [1.54, 1.807) is 12.3 Å². The van der Waals surface area contributed by atoms with Crippen molar-refractivity contribution >= 4 is 33.9 Å². The maximum absolute atomic E-state index is 6.38. The number of hydrogen-bond donors (Lipinski definition) is 0. The van der Waals surface area contributed by atoms with Crippen LogP contribution in [0.4, 0.5) is 0 Å². The number of allylic oxidation sites excluding steroid dienone is 2. The van der Waals surface area contributed by atoms with Crippen LogP contribution in [0.3, 0.4) is 0 Å². The van der Waals surface area contributed by atoms with Gasteiger partial charge in [0.1, 0.15) is 11.2 Å². The third kappa shape index (κ3) is 4.11. The van der Waals surface area contributed by atoms with Crippen molar-refractivity contribution in [2.24, 2.45) is 4.99 Å². The number of aryl methyl sites for hydroxylation is 2. The van der Waals surface area contributed by atoms with Crippen LogP contribution in [-0.4, -0.2) is 6.21 Å². The standard InChI is InChI=1S/C29H29NO/c1-5-8-10-21-13-14-22(18-20(21)4)23-15-16-24-25-11-9-12-26(27(7-3)30-17-6-2)29(25)31-28(24)19-23/h6-7,9,11-19H,2,5,8,10H2,1,3-4H3/b27-7-,30-17-. The highest BCUT2D eigenvalue weighted by Gasteiger charge is 2.14. The number of rotatable bonds is 7. The molecule has 0 saturated carbocycles. The molecular weight excluding hydrogens is 378 g/mol. The predicted octanol–water partition coefficient (Wildman–Crippen LogP) is 8.52. The Labute approximate surface area is 184 Å². The second-order valence-corrected chi connectivity index (χ2v) is 7.93. The number of aliphatic imine (C=N–C) groups is 1. The number of nitrogens with zero attached hydrogens (tertiary/aromatic N) is 1. The quantitative estimate of drug-likeness (QED) is 0.282. The third-order valence-electron chi connectivity index (χ3n) is 5.84. The molecule has 4 rings (SSSR count). The van der Waals surface area contributed by atoms with Crippen LogP contribution in [0.1, 0.15) is 43.4 Å². The van der Waals surface area contributed by atoms with Gasteiger partial charge in [0, 0.05) is 22.6 Å². The molecule has 3 aromatic carbocycles. The lowest BCUT2D eigenvalue weighted by molar-refractivity contribution is 0.667. The van der Waals surface area contributed by atoms with Gasteiger partial charge in [-0.3, -0.25) is 4.99 Å². The monoisotopic (exact) mass is 407 g/mol. The first-order valence-electron chi connectivity index (χ1n) is 11.0. The summed E-state index contributed by atoms with van der Waals surface area (Å²) in [6.45, 7) is 10.2. The average molecular weight is 408 g/mol. The van der Waals surface area contributed by atoms with Gasteiger partial charge in [-0.25, -0.2) is 0 Å². The molecule has 0 aliphatic rings. The van der Waals surface area contributed by atoms with E-state index in [-0.39, 0.29) is 0 Å². The number of fused-ring (bicyclic) bond motifs is 3. The van der Waals surface area contributed by atoms with E-state index in [4.69, 9.17) is 4.42 Å². The van der Waals surface area contributed by atoms with Crippen molar-refractivity contribution < 1.29 is 4.42 Å². The zero-order chi connectivity index (χ0) is 21.8. The summed E-state index contributed by atoms with van der Waals surface area (Å²) >= 11 is 0. The highest BCUT2D eigenvalue weighted by atomic mass is 16.3. The van der Waals surface area contributed by atoms with Crippen LogP contribution in [0, 0.1) is 6.92 Å². The van der Waals surface area contributed by atoms with Crippen molar-refractivity contribution in [3.63, 3.8) is 0 Å². The second kappa shape index (κ2) is 9.18. The molecule has 1 aromatic heterocycles. The molecule has 1 heterocycles. The van der Waals surface area contributed by atoms with Crippen LogP contribution in [0.25, 0.3) is 38.8 Å². The summed E-state index contributed by atoms with van der Waals surface area (Å²) in [5.74, 6) is 0. The highest BCUT2D eigenvalue weighted by Crippen LogP contribution is 2.36. The largest absolute Gasteiger partial charge is 0.455 e. The van der Waals surface area contributed by atoms with Crippen LogP contribution in [0.2, 0.25) is 0 Å². The first-order chi connectivity index (χ1) is 15.2. The van der Waals surface area contributed by atoms with Crippen molar-refractivity contribution in [3.8, 4) is 11.1 Å². The number of benzene rings is 3. The van der Waals surface area contributed by atoms with E-state index < -0.39 is 0 Å². The fraction of sp³-hybridized carbons (Fsp3) is 0.207. The Hall–Kier alpha value is -3.39. The lowest BCUT2D eigenvalue weighted by Gasteiger charge is -2.08. The Balaban J connectivity index is 1.79. The zero-order valence-corrected chi connectivity index (χ0v) is 18.6. The van der Waals surface area contributed by atoms with Gasteiger partial charge in [0.2, 0.25) is 0 Å². The molecule has 31 heavy (non-hydrogen) atoms. The average Bonchev–Trinajstić information content (AvgIpc) is 3.17. The molecule has 2 heteroatoms. The molecular formula is C29H29NO. The molecule has 0 aliphatic heterocycles. The predicted molar refractivity (Wildman–Crippen MR) is 135 cm³/mol. The van der Waals surface area contributed by atoms with Gasteiger partial charge in [-0.1, -0.05) is 68.5 Å². The van der Waals surface area contributed by atoms with Crippen molar-refractivity contribution in [1.29, 1.82) is 0 Å². The molecule has 0 spiro atoms. The minimum Gasteiger partial charge on any atom is -0.455 e. The van der Waals surface area contributed by atoms with E-state index >= 15 is 0 Å². The van der Waals surface area contributed by atoms with Crippen molar-refractivity contribution in [2.45, 2.75) is 40.0 Å². The number of para-hydroxylation sites is 1. The van der Waals surface area contributed by atoms with E-state index in [1.807, 2.05) is 13.0 Å². The Morgan fingerprint density at radius 1 is 1.03 bits per heavy atom. The van der Waals surface area contributed by atoms with Crippen LogP contribution >= 0.6 is 0 Å². The van der Waals surface area contributed by atoms with Crippen LogP contribution < -0.4 is 0 Å². The SMILES string of the molecule is C=C/C=N\C(=C/C)c1cccc2c1oc1cc(-c3ccc(CCCC)c(C)c3)ccc12. The number of hydrogen-bond acceptors (Lipinski definition) is 2. The summed E-state index contributed by atoms with van der Waals surface area (Å²) in [6.07, 6.45) is 9.00. The topological polar surface area (TPSA) is 25.5 Å². The summed E-state index contributed by atoms with van der Waals surface area (Å²) in [4.78, 5) is 4.51. The summed E-state index contributed by atoms with van der Waals surface area (Å²) in [5.41, 5.74) is 8.84. The first kappa shape index (κ1) is 20.9. The lowest BCUT2D eigenvalue weighted by atomic mass is 9.96. The molecule has 0 N–H and O–H groups in total. The smallest absolute Gasteiger partial charge is 0.144 e. The number of unbranched alkanes of at least 4 members (excludes halogenated alkanes) is 1. The van der Waals surface area contributed by atoms with E-state index in [1.165, 1.54) is 35.1 Å². The highest BCUT2D eigenvalue weighted by molar-refractivity contribution is 6.09.